The monoisotopic (exact) mass is 377 g/mol. The molecule has 1 N–H and O–H groups in total. The summed E-state index contributed by atoms with van der Waals surface area (Å²) >= 11 is 5.67. The van der Waals surface area contributed by atoms with Gasteiger partial charge in [-0.15, -0.1) is 16.7 Å². The Morgan fingerprint density at radius 1 is 1.08 bits per heavy atom. The highest BCUT2D eigenvalue weighted by atomic mass is 35.5. The normalized spacial score (nSPS) is 11.4. The second kappa shape index (κ2) is 7.62. The molecule has 1 aromatic carbocycles. The standard InChI is InChI=1S/C16H16ClN5O2S/c17-9-1-3-13-4-6-14(7-5-13)25(23,24)21-15-8-12-22(20-15)16-18-10-2-11-19-16/h2,4-8,10-12H,1,3,9H2,(H,20,21). The van der Waals surface area contributed by atoms with Crippen molar-refractivity contribution in [3.8, 4) is 5.95 Å². The van der Waals surface area contributed by atoms with Gasteiger partial charge in [-0.25, -0.2) is 23.1 Å². The van der Waals surface area contributed by atoms with E-state index in [1.165, 1.54) is 4.68 Å². The average Bonchev–Trinajstić information content (AvgIpc) is 3.09. The van der Waals surface area contributed by atoms with Crippen LogP contribution in [0.5, 0.6) is 0 Å². The van der Waals surface area contributed by atoms with Crippen molar-refractivity contribution in [2.24, 2.45) is 0 Å². The Balaban J connectivity index is 1.74. The SMILES string of the molecule is O=S(=O)(Nc1ccn(-c2ncccn2)n1)c1ccc(CCCCl)cc1. The van der Waals surface area contributed by atoms with Crippen molar-refractivity contribution < 1.29 is 8.42 Å². The lowest BCUT2D eigenvalue weighted by molar-refractivity contribution is 0.601. The van der Waals surface area contributed by atoms with Crippen LogP contribution < -0.4 is 4.72 Å². The summed E-state index contributed by atoms with van der Waals surface area (Å²) in [6.07, 6.45) is 6.42. The van der Waals surface area contributed by atoms with Gasteiger partial charge in [0.05, 0.1) is 4.90 Å². The van der Waals surface area contributed by atoms with Crippen LogP contribution >= 0.6 is 11.6 Å². The number of rotatable bonds is 7. The fraction of sp³-hybridized carbons (Fsp3) is 0.188. The van der Waals surface area contributed by atoms with Crippen LogP contribution in [0.1, 0.15) is 12.0 Å². The molecule has 25 heavy (non-hydrogen) atoms. The van der Waals surface area contributed by atoms with E-state index < -0.39 is 10.0 Å². The van der Waals surface area contributed by atoms with Crippen molar-refractivity contribution in [1.29, 1.82) is 0 Å². The Hall–Kier alpha value is -2.45. The van der Waals surface area contributed by atoms with E-state index in [1.54, 1.807) is 55.0 Å². The van der Waals surface area contributed by atoms with Crippen LogP contribution in [0.3, 0.4) is 0 Å². The number of sulfonamides is 1. The van der Waals surface area contributed by atoms with E-state index in [1.807, 2.05) is 0 Å². The molecule has 3 rings (SSSR count). The Bertz CT molecular complexity index is 927. The highest BCUT2D eigenvalue weighted by Gasteiger charge is 2.16. The quantitative estimate of drug-likeness (QED) is 0.639. The van der Waals surface area contributed by atoms with Crippen molar-refractivity contribution >= 4 is 27.4 Å². The van der Waals surface area contributed by atoms with E-state index >= 15 is 0 Å². The van der Waals surface area contributed by atoms with Crippen LogP contribution in [-0.4, -0.2) is 34.0 Å². The molecule has 9 heteroatoms. The summed E-state index contributed by atoms with van der Waals surface area (Å²) in [5.41, 5.74) is 1.05. The largest absolute Gasteiger partial charge is 0.263 e. The Kier molecular flexibility index (Phi) is 5.30. The third-order valence-corrected chi connectivity index (χ3v) is 5.06. The van der Waals surface area contributed by atoms with Gasteiger partial charge in [0.25, 0.3) is 10.0 Å². The van der Waals surface area contributed by atoms with Crippen molar-refractivity contribution in [2.45, 2.75) is 17.7 Å². The molecule has 0 aliphatic heterocycles. The van der Waals surface area contributed by atoms with Crippen LogP contribution in [0.4, 0.5) is 5.82 Å². The van der Waals surface area contributed by atoms with Crippen molar-refractivity contribution in [3.05, 3.63) is 60.6 Å². The summed E-state index contributed by atoms with van der Waals surface area (Å²) in [4.78, 5) is 8.28. The lowest BCUT2D eigenvalue weighted by Crippen LogP contribution is -2.14. The number of nitrogens with one attached hydrogen (secondary N) is 1. The topological polar surface area (TPSA) is 89.8 Å². The molecule has 2 heterocycles. The van der Waals surface area contributed by atoms with Gasteiger partial charge < -0.3 is 0 Å². The third-order valence-electron chi connectivity index (χ3n) is 3.42. The van der Waals surface area contributed by atoms with Crippen LogP contribution in [-0.2, 0) is 16.4 Å². The number of hydrogen-bond acceptors (Lipinski definition) is 5. The zero-order chi connectivity index (χ0) is 17.7. The lowest BCUT2D eigenvalue weighted by Gasteiger charge is -2.06. The molecule has 0 bridgehead atoms. The number of benzene rings is 1. The molecule has 0 radical (unpaired) electrons. The predicted octanol–water partition coefficient (Wildman–Crippen LogP) is 2.63. The first kappa shape index (κ1) is 17.4. The first-order valence-corrected chi connectivity index (χ1v) is 9.61. The van der Waals surface area contributed by atoms with Crippen LogP contribution in [0.25, 0.3) is 5.95 Å². The highest BCUT2D eigenvalue weighted by molar-refractivity contribution is 7.92. The molecular weight excluding hydrogens is 362 g/mol. The molecule has 0 unspecified atom stereocenters. The predicted molar refractivity (Wildman–Crippen MR) is 95.4 cm³/mol. The maximum absolute atomic E-state index is 12.5. The maximum atomic E-state index is 12.5. The van der Waals surface area contributed by atoms with Gasteiger partial charge in [0.1, 0.15) is 0 Å². The van der Waals surface area contributed by atoms with Crippen molar-refractivity contribution in [1.82, 2.24) is 19.7 Å². The minimum absolute atomic E-state index is 0.174. The van der Waals surface area contributed by atoms with E-state index in [-0.39, 0.29) is 10.7 Å². The van der Waals surface area contributed by atoms with Gasteiger partial charge in [-0.3, -0.25) is 4.72 Å². The fourth-order valence-electron chi connectivity index (χ4n) is 2.20. The number of halogens is 1. The van der Waals surface area contributed by atoms with Crippen LogP contribution in [0, 0.1) is 0 Å². The molecule has 0 spiro atoms. The van der Waals surface area contributed by atoms with E-state index in [0.717, 1.165) is 18.4 Å². The summed E-state index contributed by atoms with van der Waals surface area (Å²) < 4.78 is 28.8. The first-order chi connectivity index (χ1) is 12.1. The second-order valence-corrected chi connectivity index (χ2v) is 7.30. The summed E-state index contributed by atoms with van der Waals surface area (Å²) in [5.74, 6) is 1.13. The Morgan fingerprint density at radius 2 is 1.80 bits per heavy atom. The van der Waals surface area contributed by atoms with E-state index in [9.17, 15) is 8.42 Å². The van der Waals surface area contributed by atoms with Crippen LogP contribution in [0.15, 0.2) is 59.9 Å². The summed E-state index contributed by atoms with van der Waals surface area (Å²) in [6.45, 7) is 0. The first-order valence-electron chi connectivity index (χ1n) is 7.59. The van der Waals surface area contributed by atoms with Gasteiger partial charge in [0, 0.05) is 30.5 Å². The zero-order valence-corrected chi connectivity index (χ0v) is 14.8. The molecule has 0 atom stereocenters. The van der Waals surface area contributed by atoms with Crippen LogP contribution in [0.2, 0.25) is 0 Å². The van der Waals surface area contributed by atoms with Gasteiger partial charge in [0.2, 0.25) is 5.95 Å². The third kappa shape index (κ3) is 4.34. The molecule has 130 valence electrons. The molecule has 0 amide bonds. The number of alkyl halides is 1. The van der Waals surface area contributed by atoms with E-state index in [0.29, 0.717) is 11.8 Å². The zero-order valence-electron chi connectivity index (χ0n) is 13.2. The summed E-state index contributed by atoms with van der Waals surface area (Å²) in [5, 5.41) is 4.14. The van der Waals surface area contributed by atoms with E-state index in [2.05, 4.69) is 19.8 Å². The number of nitrogens with zero attached hydrogens (tertiary/aromatic N) is 4. The summed E-state index contributed by atoms with van der Waals surface area (Å²) in [6, 6.07) is 9.96. The number of aromatic nitrogens is 4. The Labute approximate surface area is 150 Å². The molecule has 0 fully saturated rings. The molecule has 7 nitrogen and oxygen atoms in total. The average molecular weight is 378 g/mol. The maximum Gasteiger partial charge on any atom is 0.263 e. The van der Waals surface area contributed by atoms with Gasteiger partial charge in [0.15, 0.2) is 5.82 Å². The lowest BCUT2D eigenvalue weighted by atomic mass is 10.1. The number of hydrogen-bond donors (Lipinski definition) is 1. The molecule has 0 aliphatic rings. The smallest absolute Gasteiger partial charge is 0.262 e. The molecule has 0 saturated heterocycles. The Morgan fingerprint density at radius 3 is 2.48 bits per heavy atom. The van der Waals surface area contributed by atoms with E-state index in [4.69, 9.17) is 11.6 Å². The summed E-state index contributed by atoms with van der Waals surface area (Å²) in [7, 11) is -3.71. The number of aryl methyl sites for hydroxylation is 1. The molecular formula is C16H16ClN5O2S. The highest BCUT2D eigenvalue weighted by Crippen LogP contribution is 2.16. The molecule has 0 aliphatic carbocycles. The van der Waals surface area contributed by atoms with Gasteiger partial charge >= 0.3 is 0 Å². The van der Waals surface area contributed by atoms with Crippen molar-refractivity contribution in [2.75, 3.05) is 10.6 Å². The second-order valence-electron chi connectivity index (χ2n) is 5.24. The fourth-order valence-corrected chi connectivity index (χ4v) is 3.33. The van der Waals surface area contributed by atoms with Gasteiger partial charge in [-0.1, -0.05) is 12.1 Å². The van der Waals surface area contributed by atoms with Gasteiger partial charge in [-0.2, -0.15) is 0 Å². The number of anilines is 1. The molecule has 0 saturated carbocycles. The van der Waals surface area contributed by atoms with Gasteiger partial charge in [-0.05, 0) is 36.6 Å². The minimum atomic E-state index is -3.71. The molecule has 3 aromatic rings. The minimum Gasteiger partial charge on any atom is -0.262 e. The molecule has 2 aromatic heterocycles. The van der Waals surface area contributed by atoms with Crippen molar-refractivity contribution in [3.63, 3.8) is 0 Å².